The summed E-state index contributed by atoms with van der Waals surface area (Å²) < 4.78 is 18.6. The van der Waals surface area contributed by atoms with Gasteiger partial charge in [0.25, 0.3) is 0 Å². The SMILES string of the molecule is O=C([O-])C(F)(F)I.[K+]. The Bertz CT molecular complexity index is 90.5. The van der Waals surface area contributed by atoms with Crippen LogP contribution >= 0.6 is 22.6 Å². The topological polar surface area (TPSA) is 40.1 Å². The van der Waals surface area contributed by atoms with E-state index in [-0.39, 0.29) is 51.4 Å². The van der Waals surface area contributed by atoms with Gasteiger partial charge in [0.05, 0.1) is 0 Å². The van der Waals surface area contributed by atoms with E-state index >= 15 is 0 Å². The third-order valence-electron chi connectivity index (χ3n) is 0.231. The van der Waals surface area contributed by atoms with E-state index in [4.69, 9.17) is 9.90 Å². The van der Waals surface area contributed by atoms with Crippen molar-refractivity contribution in [1.82, 2.24) is 0 Å². The Morgan fingerprint density at radius 2 is 1.75 bits per heavy atom. The Labute approximate surface area is 101 Å². The Kier molecular flexibility index (Phi) is 6.97. The zero-order chi connectivity index (χ0) is 6.08. The van der Waals surface area contributed by atoms with Crippen LogP contribution in [-0.2, 0) is 4.79 Å². The molecule has 8 heavy (non-hydrogen) atoms. The van der Waals surface area contributed by atoms with Crippen LogP contribution in [0.2, 0.25) is 0 Å². The summed E-state index contributed by atoms with van der Waals surface area (Å²) in [5, 5.41) is 9.15. The first kappa shape index (κ1) is 12.4. The number of carbonyl (C=O) groups is 1. The molecule has 42 valence electrons. The maximum Gasteiger partial charge on any atom is 1.00 e. The predicted octanol–water partition coefficient (Wildman–Crippen LogP) is -3.23. The summed E-state index contributed by atoms with van der Waals surface area (Å²) in [6, 6.07) is 0. The van der Waals surface area contributed by atoms with Crippen molar-refractivity contribution in [3.63, 3.8) is 0 Å². The maximum atomic E-state index is 11.2. The van der Waals surface area contributed by atoms with E-state index < -0.39 is 9.90 Å². The summed E-state index contributed by atoms with van der Waals surface area (Å²) in [4.78, 5) is 9.15. The van der Waals surface area contributed by atoms with Gasteiger partial charge in [0.2, 0.25) is 0 Å². The molecule has 0 atom stereocenters. The third kappa shape index (κ3) is 5.83. The van der Waals surface area contributed by atoms with Gasteiger partial charge in [0, 0.05) is 22.6 Å². The largest absolute Gasteiger partial charge is 1.00 e. The van der Waals surface area contributed by atoms with Gasteiger partial charge in [0.1, 0.15) is 5.97 Å². The Hall–Kier alpha value is 1.70. The summed E-state index contributed by atoms with van der Waals surface area (Å²) in [5.74, 6) is -2.35. The zero-order valence-corrected chi connectivity index (χ0v) is 9.23. The average molecular weight is 260 g/mol. The fraction of sp³-hybridized carbons (Fsp3) is 0.500. The number of carboxylic acid groups (broad SMARTS) is 1. The van der Waals surface area contributed by atoms with E-state index in [0.29, 0.717) is 22.6 Å². The van der Waals surface area contributed by atoms with Crippen LogP contribution < -0.4 is 56.5 Å². The maximum absolute atomic E-state index is 11.2. The van der Waals surface area contributed by atoms with Gasteiger partial charge in [-0.25, -0.2) is 0 Å². The van der Waals surface area contributed by atoms with Gasteiger partial charge in [-0.1, -0.05) is 0 Å². The number of aliphatic carboxylic acids is 1. The van der Waals surface area contributed by atoms with Crippen LogP contribution in [0.25, 0.3) is 0 Å². The number of hydrogen-bond acceptors (Lipinski definition) is 2. The molecule has 0 rings (SSSR count). The van der Waals surface area contributed by atoms with E-state index in [1.165, 1.54) is 0 Å². The number of hydrogen-bond donors (Lipinski definition) is 0. The second kappa shape index (κ2) is 4.50. The zero-order valence-electron chi connectivity index (χ0n) is 3.95. The molecule has 0 aromatic carbocycles. The van der Waals surface area contributed by atoms with Gasteiger partial charge in [-0.05, 0) is 0 Å². The molecule has 0 N–H and O–H groups in total. The molecule has 0 saturated carbocycles. The molecular formula is C2F2IKO2. The van der Waals surface area contributed by atoms with Gasteiger partial charge in [-0.15, -0.1) is 0 Å². The van der Waals surface area contributed by atoms with Crippen molar-refractivity contribution in [2.45, 2.75) is 3.93 Å². The summed E-state index contributed by atoms with van der Waals surface area (Å²) in [6.07, 6.45) is 0. The smallest absolute Gasteiger partial charge is 0.543 e. The first-order chi connectivity index (χ1) is 2.94. The molecule has 0 aromatic heterocycles. The minimum Gasteiger partial charge on any atom is -0.543 e. The molecule has 0 radical (unpaired) electrons. The predicted molar refractivity (Wildman–Crippen MR) is 24.0 cm³/mol. The van der Waals surface area contributed by atoms with Gasteiger partial charge in [-0.3, -0.25) is 0 Å². The Morgan fingerprint density at radius 1 is 1.62 bits per heavy atom. The van der Waals surface area contributed by atoms with E-state index in [1.807, 2.05) is 0 Å². The van der Waals surface area contributed by atoms with Crippen molar-refractivity contribution >= 4 is 28.6 Å². The van der Waals surface area contributed by atoms with E-state index in [0.717, 1.165) is 0 Å². The molecule has 0 bridgehead atoms. The number of alkyl halides is 3. The van der Waals surface area contributed by atoms with Crippen molar-refractivity contribution in [2.24, 2.45) is 0 Å². The Balaban J connectivity index is 0. The van der Waals surface area contributed by atoms with Crippen molar-refractivity contribution in [2.75, 3.05) is 0 Å². The van der Waals surface area contributed by atoms with E-state index in [2.05, 4.69) is 0 Å². The molecule has 0 saturated heterocycles. The number of halogens is 3. The molecule has 0 heterocycles. The minimum atomic E-state index is -3.72. The van der Waals surface area contributed by atoms with E-state index in [9.17, 15) is 8.78 Å². The van der Waals surface area contributed by atoms with Crippen molar-refractivity contribution < 1.29 is 70.1 Å². The summed E-state index contributed by atoms with van der Waals surface area (Å²) in [5.41, 5.74) is 0. The molecule has 0 aromatic rings. The quantitative estimate of drug-likeness (QED) is 0.282. The molecule has 0 aliphatic carbocycles. The van der Waals surface area contributed by atoms with Crippen molar-refractivity contribution in [3.05, 3.63) is 0 Å². The van der Waals surface area contributed by atoms with E-state index in [1.54, 1.807) is 0 Å². The molecule has 0 unspecified atom stereocenters. The third-order valence-corrected chi connectivity index (χ3v) is 0.672. The fourth-order valence-electron chi connectivity index (χ4n) is 0. The van der Waals surface area contributed by atoms with Gasteiger partial charge in [-0.2, -0.15) is 8.78 Å². The molecule has 0 amide bonds. The van der Waals surface area contributed by atoms with Crippen LogP contribution in [0.3, 0.4) is 0 Å². The van der Waals surface area contributed by atoms with Crippen LogP contribution in [0.4, 0.5) is 8.78 Å². The molecule has 2 nitrogen and oxygen atoms in total. The minimum absolute atomic E-state index is 0. The van der Waals surface area contributed by atoms with Crippen LogP contribution in [-0.4, -0.2) is 9.90 Å². The summed E-state index contributed by atoms with van der Waals surface area (Å²) >= 11 is 0.471. The molecular weight excluding hydrogens is 260 g/mol. The molecule has 0 aliphatic rings. The van der Waals surface area contributed by atoms with Crippen LogP contribution in [0.15, 0.2) is 0 Å². The monoisotopic (exact) mass is 260 g/mol. The fourth-order valence-corrected chi connectivity index (χ4v) is 0. The second-order valence-corrected chi connectivity index (χ2v) is 2.14. The standard InChI is InChI=1S/C2HF2IO2.K/c3-2(4,5)1(6)7;/h(H,6,7);/q;+1/p-1. The first-order valence-corrected chi connectivity index (χ1v) is 2.30. The van der Waals surface area contributed by atoms with Gasteiger partial charge < -0.3 is 9.90 Å². The van der Waals surface area contributed by atoms with Gasteiger partial charge >= 0.3 is 55.3 Å². The van der Waals surface area contributed by atoms with Crippen molar-refractivity contribution in [3.8, 4) is 0 Å². The second-order valence-electron chi connectivity index (χ2n) is 0.785. The molecule has 0 spiro atoms. The molecule has 0 aliphatic heterocycles. The van der Waals surface area contributed by atoms with Gasteiger partial charge in [0.15, 0.2) is 0 Å². The number of carboxylic acids is 1. The average Bonchev–Trinajstić information content (AvgIpc) is 1.31. The number of carbonyl (C=O) groups excluding carboxylic acids is 1. The first-order valence-electron chi connectivity index (χ1n) is 1.23. The summed E-state index contributed by atoms with van der Waals surface area (Å²) in [7, 11) is 0. The normalized spacial score (nSPS) is 9.88. The van der Waals surface area contributed by atoms with Crippen molar-refractivity contribution in [1.29, 1.82) is 0 Å². The van der Waals surface area contributed by atoms with Crippen LogP contribution in [0.5, 0.6) is 0 Å². The van der Waals surface area contributed by atoms with Crippen LogP contribution in [0.1, 0.15) is 0 Å². The number of rotatable bonds is 1. The molecule has 6 heteroatoms. The molecule has 0 fully saturated rings. The summed E-state index contributed by atoms with van der Waals surface area (Å²) in [6.45, 7) is 0. The van der Waals surface area contributed by atoms with Crippen LogP contribution in [0, 0.1) is 0 Å². The Morgan fingerprint density at radius 3 is 1.75 bits per heavy atom.